The molecule has 1 heterocycles. The zero-order valence-electron chi connectivity index (χ0n) is 12.3. The number of halogens is 5. The second kappa shape index (κ2) is 7.21. The summed E-state index contributed by atoms with van der Waals surface area (Å²) in [6.45, 7) is -0.461. The van der Waals surface area contributed by atoms with Gasteiger partial charge in [-0.05, 0) is 47.0 Å². The van der Waals surface area contributed by atoms with Crippen LogP contribution in [-0.4, -0.2) is 25.4 Å². The van der Waals surface area contributed by atoms with E-state index in [0.717, 1.165) is 0 Å². The van der Waals surface area contributed by atoms with E-state index in [1.165, 1.54) is 23.5 Å². The van der Waals surface area contributed by atoms with Gasteiger partial charge in [-0.25, -0.2) is 8.42 Å². The molecule has 1 aromatic heterocycles. The van der Waals surface area contributed by atoms with Crippen LogP contribution in [0.4, 0.5) is 13.2 Å². The fourth-order valence-electron chi connectivity index (χ4n) is 1.98. The van der Waals surface area contributed by atoms with Crippen molar-refractivity contribution in [2.45, 2.75) is 24.5 Å². The smallest absolute Gasteiger partial charge is 0.207 e. The lowest BCUT2D eigenvalue weighted by Crippen LogP contribution is -2.38. The lowest BCUT2D eigenvalue weighted by Gasteiger charge is -2.24. The zero-order chi connectivity index (χ0) is 18.1. The van der Waals surface area contributed by atoms with Gasteiger partial charge in [-0.2, -0.15) is 28.8 Å². The summed E-state index contributed by atoms with van der Waals surface area (Å²) in [5, 5.41) is 3.27. The quantitative estimate of drug-likeness (QED) is 0.676. The zero-order valence-corrected chi connectivity index (χ0v) is 15.4. The highest BCUT2D eigenvalue weighted by Crippen LogP contribution is 2.32. The van der Waals surface area contributed by atoms with Crippen LogP contribution in [0.1, 0.15) is 11.1 Å². The van der Waals surface area contributed by atoms with Gasteiger partial charge in [0.1, 0.15) is 11.4 Å². The van der Waals surface area contributed by atoms with Crippen molar-refractivity contribution in [1.29, 1.82) is 0 Å². The van der Waals surface area contributed by atoms with Gasteiger partial charge in [-0.1, -0.05) is 23.2 Å². The maximum atomic E-state index is 12.9. The van der Waals surface area contributed by atoms with Crippen molar-refractivity contribution in [3.05, 3.63) is 50.1 Å². The van der Waals surface area contributed by atoms with Crippen molar-refractivity contribution < 1.29 is 21.6 Å². The summed E-state index contributed by atoms with van der Waals surface area (Å²) < 4.78 is 64.4. The molecule has 0 spiro atoms. The number of hydrogen-bond donors (Lipinski definition) is 0. The minimum atomic E-state index is -4.68. The molecule has 3 nitrogen and oxygen atoms in total. The van der Waals surface area contributed by atoms with Crippen molar-refractivity contribution in [2.24, 2.45) is 0 Å². The average molecular weight is 418 g/mol. The van der Waals surface area contributed by atoms with Crippen LogP contribution < -0.4 is 0 Å². The van der Waals surface area contributed by atoms with Crippen LogP contribution in [0, 0.1) is 6.92 Å². The van der Waals surface area contributed by atoms with Crippen molar-refractivity contribution in [3.63, 3.8) is 0 Å². The molecule has 132 valence electrons. The third kappa shape index (κ3) is 4.64. The number of thiophene rings is 1. The summed E-state index contributed by atoms with van der Waals surface area (Å²) in [5.41, 5.74) is 0.872. The molecule has 24 heavy (non-hydrogen) atoms. The SMILES string of the molecule is Cc1cc(S(=O)(=O)N(Cc2ccsc2)CC(F)(F)F)c(Cl)cc1Cl. The molecule has 0 amide bonds. The van der Waals surface area contributed by atoms with Gasteiger partial charge >= 0.3 is 6.18 Å². The van der Waals surface area contributed by atoms with Crippen LogP contribution in [0.3, 0.4) is 0 Å². The standard InChI is InChI=1S/C14H12Cl2F3NO2S2/c1-9-4-13(12(16)5-11(9)15)24(21,22)20(8-14(17,18)19)6-10-2-3-23-7-10/h2-5,7H,6,8H2,1H3. The van der Waals surface area contributed by atoms with Gasteiger partial charge < -0.3 is 0 Å². The molecule has 0 saturated heterocycles. The second-order valence-corrected chi connectivity index (χ2v) is 8.55. The number of hydrogen-bond acceptors (Lipinski definition) is 3. The predicted octanol–water partition coefficient (Wildman–Crippen LogP) is 5.12. The first-order valence-electron chi connectivity index (χ1n) is 6.54. The van der Waals surface area contributed by atoms with Crippen LogP contribution in [0.15, 0.2) is 33.9 Å². The highest BCUT2D eigenvalue weighted by molar-refractivity contribution is 7.89. The van der Waals surface area contributed by atoms with Gasteiger partial charge in [-0.3, -0.25) is 0 Å². The molecule has 0 aliphatic heterocycles. The molecule has 0 radical (unpaired) electrons. The maximum absolute atomic E-state index is 12.9. The molecule has 0 atom stereocenters. The fraction of sp³-hybridized carbons (Fsp3) is 0.286. The highest BCUT2D eigenvalue weighted by Gasteiger charge is 2.38. The van der Waals surface area contributed by atoms with Crippen molar-refractivity contribution in [2.75, 3.05) is 6.54 Å². The second-order valence-electron chi connectivity index (χ2n) is 5.05. The monoisotopic (exact) mass is 417 g/mol. The van der Waals surface area contributed by atoms with E-state index in [-0.39, 0.29) is 10.0 Å². The molecular formula is C14H12Cl2F3NO2S2. The molecule has 0 aliphatic rings. The summed E-state index contributed by atoms with van der Waals surface area (Å²) in [6.07, 6.45) is -4.68. The van der Waals surface area contributed by atoms with E-state index in [0.29, 0.717) is 15.4 Å². The Bertz CT molecular complexity index is 821. The number of alkyl halides is 3. The molecule has 2 rings (SSSR count). The molecule has 2 aromatic rings. The van der Waals surface area contributed by atoms with Crippen molar-refractivity contribution in [1.82, 2.24) is 4.31 Å². The Morgan fingerprint density at radius 3 is 2.42 bits per heavy atom. The Hall–Kier alpha value is -0.800. The minimum absolute atomic E-state index is 0.219. The van der Waals surface area contributed by atoms with Crippen LogP contribution in [-0.2, 0) is 16.6 Å². The molecule has 0 aliphatic carbocycles. The molecule has 0 saturated carbocycles. The summed E-state index contributed by atoms with van der Waals surface area (Å²) >= 11 is 13.0. The Morgan fingerprint density at radius 2 is 1.88 bits per heavy atom. The molecule has 1 aromatic carbocycles. The van der Waals surface area contributed by atoms with Crippen LogP contribution in [0.5, 0.6) is 0 Å². The Balaban J connectivity index is 2.48. The topological polar surface area (TPSA) is 37.4 Å². The number of nitrogens with zero attached hydrogens (tertiary/aromatic N) is 1. The largest absolute Gasteiger partial charge is 0.402 e. The Kier molecular flexibility index (Phi) is 5.87. The third-order valence-corrected chi connectivity index (χ3v) is 6.52. The molecule has 10 heteroatoms. The minimum Gasteiger partial charge on any atom is -0.207 e. The molecule has 0 fully saturated rings. The van der Waals surface area contributed by atoms with Gasteiger partial charge in [0.2, 0.25) is 10.0 Å². The average Bonchev–Trinajstić information content (AvgIpc) is 2.93. The van der Waals surface area contributed by atoms with Crippen LogP contribution in [0.2, 0.25) is 10.0 Å². The first kappa shape index (κ1) is 19.5. The summed E-state index contributed by atoms with van der Waals surface area (Å²) in [7, 11) is -4.45. The van der Waals surface area contributed by atoms with Gasteiger partial charge in [0.25, 0.3) is 0 Å². The third-order valence-electron chi connectivity index (χ3n) is 3.13. The predicted molar refractivity (Wildman–Crippen MR) is 89.2 cm³/mol. The summed E-state index contributed by atoms with van der Waals surface area (Å²) in [5.74, 6) is 0. The molecule has 0 bridgehead atoms. The first-order chi connectivity index (χ1) is 11.0. The summed E-state index contributed by atoms with van der Waals surface area (Å²) in [4.78, 5) is -0.398. The summed E-state index contributed by atoms with van der Waals surface area (Å²) in [6, 6.07) is 3.96. The first-order valence-corrected chi connectivity index (χ1v) is 9.68. The lowest BCUT2D eigenvalue weighted by atomic mass is 10.2. The maximum Gasteiger partial charge on any atom is 0.402 e. The van der Waals surface area contributed by atoms with E-state index in [4.69, 9.17) is 23.2 Å². The Morgan fingerprint density at radius 1 is 1.21 bits per heavy atom. The molecular weight excluding hydrogens is 406 g/mol. The molecule has 0 N–H and O–H groups in total. The van der Waals surface area contributed by atoms with Crippen molar-refractivity contribution in [3.8, 4) is 0 Å². The normalized spacial score (nSPS) is 12.8. The van der Waals surface area contributed by atoms with E-state index in [9.17, 15) is 21.6 Å². The van der Waals surface area contributed by atoms with Crippen LogP contribution in [0.25, 0.3) is 0 Å². The number of benzene rings is 1. The van der Waals surface area contributed by atoms with Gasteiger partial charge in [0.05, 0.1) is 5.02 Å². The highest BCUT2D eigenvalue weighted by atomic mass is 35.5. The van der Waals surface area contributed by atoms with Gasteiger partial charge in [-0.15, -0.1) is 0 Å². The number of rotatable bonds is 5. The van der Waals surface area contributed by atoms with E-state index >= 15 is 0 Å². The lowest BCUT2D eigenvalue weighted by molar-refractivity contribution is -0.136. The van der Waals surface area contributed by atoms with E-state index in [1.807, 2.05) is 0 Å². The van der Waals surface area contributed by atoms with Gasteiger partial charge in [0.15, 0.2) is 0 Å². The number of sulfonamides is 1. The van der Waals surface area contributed by atoms with Crippen LogP contribution >= 0.6 is 34.5 Å². The van der Waals surface area contributed by atoms with E-state index < -0.39 is 34.2 Å². The van der Waals surface area contributed by atoms with Gasteiger partial charge in [0, 0.05) is 11.6 Å². The Labute approximate surface area is 151 Å². The van der Waals surface area contributed by atoms with E-state index in [2.05, 4.69) is 0 Å². The van der Waals surface area contributed by atoms with Crippen molar-refractivity contribution >= 4 is 44.6 Å². The molecule has 0 unspecified atom stereocenters. The van der Waals surface area contributed by atoms with E-state index in [1.54, 1.807) is 23.8 Å². The number of aryl methyl sites for hydroxylation is 1. The fourth-order valence-corrected chi connectivity index (χ4v) is 4.86.